The Kier molecular flexibility index (Phi) is 3.14. The third-order valence-corrected chi connectivity index (χ3v) is 3.75. The summed E-state index contributed by atoms with van der Waals surface area (Å²) in [5, 5.41) is 9.48. The molecule has 6 heteroatoms. The third-order valence-electron chi connectivity index (χ3n) is 3.25. The number of carbonyl (C=O) groups is 1. The molecule has 4 nitrogen and oxygen atoms in total. The predicted molar refractivity (Wildman–Crippen MR) is 78.2 cm³/mol. The average molecular weight is 305 g/mol. The van der Waals surface area contributed by atoms with Gasteiger partial charge in [-0.25, -0.2) is 14.2 Å². The largest absolute Gasteiger partial charge is 0.478 e. The van der Waals surface area contributed by atoms with Crippen LogP contribution in [0.2, 0.25) is 5.02 Å². The van der Waals surface area contributed by atoms with Gasteiger partial charge in [0.25, 0.3) is 0 Å². The summed E-state index contributed by atoms with van der Waals surface area (Å²) >= 11 is 6.24. The summed E-state index contributed by atoms with van der Waals surface area (Å²) in [5.41, 5.74) is 1.97. The van der Waals surface area contributed by atoms with Crippen molar-refractivity contribution in [3.8, 4) is 11.4 Å². The topological polar surface area (TPSA) is 66.0 Å². The van der Waals surface area contributed by atoms with Gasteiger partial charge in [0.05, 0.1) is 21.6 Å². The van der Waals surface area contributed by atoms with E-state index >= 15 is 0 Å². The first-order valence-electron chi connectivity index (χ1n) is 6.15. The monoisotopic (exact) mass is 304 g/mol. The maximum atomic E-state index is 13.7. The molecule has 1 aromatic heterocycles. The molecule has 0 bridgehead atoms. The third kappa shape index (κ3) is 2.25. The SMILES string of the molecule is Cc1cccc(-c2nc3cc(C(=O)O)c(F)cc3[nH]2)c1Cl. The van der Waals surface area contributed by atoms with Gasteiger partial charge in [0, 0.05) is 11.6 Å². The van der Waals surface area contributed by atoms with Crippen LogP contribution in [0.5, 0.6) is 0 Å². The zero-order valence-corrected chi connectivity index (χ0v) is 11.7. The lowest BCUT2D eigenvalue weighted by Crippen LogP contribution is -1.99. The van der Waals surface area contributed by atoms with Gasteiger partial charge in [-0.05, 0) is 24.6 Å². The summed E-state index contributed by atoms with van der Waals surface area (Å²) in [4.78, 5) is 18.2. The van der Waals surface area contributed by atoms with Crippen LogP contribution in [0.15, 0.2) is 30.3 Å². The number of aromatic nitrogens is 2. The molecule has 21 heavy (non-hydrogen) atoms. The minimum atomic E-state index is -1.33. The Hall–Kier alpha value is -2.40. The highest BCUT2D eigenvalue weighted by atomic mass is 35.5. The second-order valence-electron chi connectivity index (χ2n) is 4.68. The molecule has 0 saturated carbocycles. The number of aromatic carboxylic acids is 1. The van der Waals surface area contributed by atoms with Crippen LogP contribution in [0, 0.1) is 12.7 Å². The van der Waals surface area contributed by atoms with Crippen molar-refractivity contribution in [3.05, 3.63) is 52.3 Å². The van der Waals surface area contributed by atoms with Crippen molar-refractivity contribution >= 4 is 28.6 Å². The van der Waals surface area contributed by atoms with Gasteiger partial charge in [-0.3, -0.25) is 0 Å². The molecule has 3 aromatic rings. The Balaban J connectivity index is 2.22. The molecule has 0 aliphatic heterocycles. The molecule has 1 heterocycles. The first kappa shape index (κ1) is 13.6. The van der Waals surface area contributed by atoms with Gasteiger partial charge >= 0.3 is 5.97 Å². The Labute approximate surface area is 124 Å². The first-order valence-corrected chi connectivity index (χ1v) is 6.53. The second-order valence-corrected chi connectivity index (χ2v) is 5.05. The molecule has 0 amide bonds. The van der Waals surface area contributed by atoms with E-state index in [1.165, 1.54) is 6.07 Å². The van der Waals surface area contributed by atoms with Gasteiger partial charge in [0.1, 0.15) is 11.6 Å². The molecular weight excluding hydrogens is 295 g/mol. The van der Waals surface area contributed by atoms with Crippen LogP contribution in [0.4, 0.5) is 4.39 Å². The van der Waals surface area contributed by atoms with Gasteiger partial charge in [-0.15, -0.1) is 0 Å². The number of aryl methyl sites for hydroxylation is 1. The van der Waals surface area contributed by atoms with Crippen LogP contribution < -0.4 is 0 Å². The van der Waals surface area contributed by atoms with Crippen molar-refractivity contribution in [2.75, 3.05) is 0 Å². The molecular formula is C15H10ClFN2O2. The van der Waals surface area contributed by atoms with Crippen LogP contribution >= 0.6 is 11.6 Å². The highest BCUT2D eigenvalue weighted by Crippen LogP contribution is 2.30. The number of imidazole rings is 1. The summed E-state index contributed by atoms with van der Waals surface area (Å²) in [7, 11) is 0. The van der Waals surface area contributed by atoms with Crippen molar-refractivity contribution in [2.45, 2.75) is 6.92 Å². The van der Waals surface area contributed by atoms with E-state index in [2.05, 4.69) is 9.97 Å². The summed E-state index contributed by atoms with van der Waals surface area (Å²) in [6, 6.07) is 7.83. The molecule has 2 aromatic carbocycles. The van der Waals surface area contributed by atoms with Crippen LogP contribution in [-0.4, -0.2) is 21.0 Å². The number of benzene rings is 2. The number of aromatic amines is 1. The van der Waals surface area contributed by atoms with E-state index < -0.39 is 17.3 Å². The maximum absolute atomic E-state index is 13.7. The van der Waals surface area contributed by atoms with E-state index in [0.29, 0.717) is 27.4 Å². The molecule has 0 aliphatic carbocycles. The fourth-order valence-electron chi connectivity index (χ4n) is 2.15. The Morgan fingerprint density at radius 1 is 1.38 bits per heavy atom. The van der Waals surface area contributed by atoms with Crippen molar-refractivity contribution in [2.24, 2.45) is 0 Å². The minimum absolute atomic E-state index is 0.376. The number of nitrogens with zero attached hydrogens (tertiary/aromatic N) is 1. The lowest BCUT2D eigenvalue weighted by molar-refractivity contribution is 0.0692. The highest BCUT2D eigenvalue weighted by Gasteiger charge is 2.15. The van der Waals surface area contributed by atoms with E-state index in [4.69, 9.17) is 16.7 Å². The van der Waals surface area contributed by atoms with Crippen molar-refractivity contribution in [3.63, 3.8) is 0 Å². The van der Waals surface area contributed by atoms with Gasteiger partial charge in [0.2, 0.25) is 0 Å². The minimum Gasteiger partial charge on any atom is -0.478 e. The van der Waals surface area contributed by atoms with Crippen LogP contribution in [-0.2, 0) is 0 Å². The Morgan fingerprint density at radius 2 is 2.14 bits per heavy atom. The Morgan fingerprint density at radius 3 is 2.86 bits per heavy atom. The van der Waals surface area contributed by atoms with E-state index in [-0.39, 0.29) is 0 Å². The van der Waals surface area contributed by atoms with E-state index in [1.807, 2.05) is 19.1 Å². The molecule has 2 N–H and O–H groups in total. The van der Waals surface area contributed by atoms with Crippen molar-refractivity contribution in [1.29, 1.82) is 0 Å². The standard InChI is InChI=1S/C15H10ClFN2O2/c1-7-3-2-4-8(13(7)16)14-18-11-5-9(15(20)21)10(17)6-12(11)19-14/h2-6H,1H3,(H,18,19)(H,20,21). The average Bonchev–Trinajstić information content (AvgIpc) is 2.83. The smallest absolute Gasteiger partial charge is 0.338 e. The van der Waals surface area contributed by atoms with Gasteiger partial charge < -0.3 is 10.1 Å². The molecule has 0 saturated heterocycles. The van der Waals surface area contributed by atoms with Gasteiger partial charge in [0.15, 0.2) is 0 Å². The zero-order valence-electron chi connectivity index (χ0n) is 10.9. The van der Waals surface area contributed by atoms with Gasteiger partial charge in [-0.2, -0.15) is 0 Å². The molecule has 0 aliphatic rings. The number of carboxylic acid groups (broad SMARTS) is 1. The summed E-state index contributed by atoms with van der Waals surface area (Å²) in [6.07, 6.45) is 0. The molecule has 0 radical (unpaired) electrons. The Bertz CT molecular complexity index is 873. The number of halogens is 2. The molecule has 0 atom stereocenters. The lowest BCUT2D eigenvalue weighted by Gasteiger charge is -2.02. The number of hydrogen-bond acceptors (Lipinski definition) is 2. The van der Waals surface area contributed by atoms with Gasteiger partial charge in [-0.1, -0.05) is 23.7 Å². The second kappa shape index (κ2) is 4.86. The fourth-order valence-corrected chi connectivity index (χ4v) is 2.37. The molecule has 0 unspecified atom stereocenters. The van der Waals surface area contributed by atoms with Crippen LogP contribution in [0.1, 0.15) is 15.9 Å². The highest BCUT2D eigenvalue weighted by molar-refractivity contribution is 6.34. The fraction of sp³-hybridized carbons (Fsp3) is 0.0667. The number of nitrogens with one attached hydrogen (secondary N) is 1. The van der Waals surface area contributed by atoms with E-state index in [9.17, 15) is 9.18 Å². The van der Waals surface area contributed by atoms with Crippen molar-refractivity contribution < 1.29 is 14.3 Å². The summed E-state index contributed by atoms with van der Waals surface area (Å²) in [6.45, 7) is 1.87. The number of carboxylic acids is 1. The van der Waals surface area contributed by atoms with E-state index in [0.717, 1.165) is 11.6 Å². The zero-order chi connectivity index (χ0) is 15.1. The quantitative estimate of drug-likeness (QED) is 0.751. The summed E-state index contributed by atoms with van der Waals surface area (Å²) < 4.78 is 13.7. The van der Waals surface area contributed by atoms with Crippen LogP contribution in [0.3, 0.4) is 0 Å². The maximum Gasteiger partial charge on any atom is 0.338 e. The number of fused-ring (bicyclic) bond motifs is 1. The molecule has 0 spiro atoms. The molecule has 3 rings (SSSR count). The summed E-state index contributed by atoms with van der Waals surface area (Å²) in [5.74, 6) is -1.66. The van der Waals surface area contributed by atoms with Crippen LogP contribution in [0.25, 0.3) is 22.4 Å². The van der Waals surface area contributed by atoms with E-state index in [1.54, 1.807) is 6.07 Å². The first-order chi connectivity index (χ1) is 9.97. The normalized spacial score (nSPS) is 11.0. The number of hydrogen-bond donors (Lipinski definition) is 2. The number of H-pyrrole nitrogens is 1. The molecule has 106 valence electrons. The van der Waals surface area contributed by atoms with Crippen molar-refractivity contribution in [1.82, 2.24) is 9.97 Å². The predicted octanol–water partition coefficient (Wildman–Crippen LogP) is 4.03. The lowest BCUT2D eigenvalue weighted by atomic mass is 10.1. The molecule has 0 fully saturated rings. The number of rotatable bonds is 2.